The number of nitro benzene ring substituents is 1. The Balaban J connectivity index is 1.42. The van der Waals surface area contributed by atoms with Gasteiger partial charge < -0.3 is 4.90 Å². The Kier molecular flexibility index (Phi) is 5.91. The molecule has 6 rings (SSSR count). The van der Waals surface area contributed by atoms with Crippen molar-refractivity contribution in [1.82, 2.24) is 24.5 Å². The molecule has 3 aromatic carbocycles. The second kappa shape index (κ2) is 9.42. The van der Waals surface area contributed by atoms with E-state index < -0.39 is 16.6 Å². The number of hydrogen-bond donors (Lipinski definition) is 0. The second-order valence-corrected chi connectivity index (χ2v) is 9.36. The molecule has 0 radical (unpaired) electrons. The molecule has 1 unspecified atom stereocenters. The van der Waals surface area contributed by atoms with Crippen molar-refractivity contribution in [2.75, 3.05) is 24.5 Å². The Morgan fingerprint density at radius 1 is 1.00 bits per heavy atom. The van der Waals surface area contributed by atoms with Gasteiger partial charge in [0.2, 0.25) is 5.95 Å². The van der Waals surface area contributed by atoms with Gasteiger partial charge in [0.05, 0.1) is 16.0 Å². The highest BCUT2D eigenvalue weighted by Crippen LogP contribution is 2.33. The molecule has 0 aliphatic carbocycles. The van der Waals surface area contributed by atoms with Crippen LogP contribution in [0.25, 0.3) is 27.9 Å². The van der Waals surface area contributed by atoms with Crippen LogP contribution in [0.2, 0.25) is 0 Å². The molecule has 192 valence electrons. The Morgan fingerprint density at radius 3 is 2.61 bits per heavy atom. The lowest BCUT2D eigenvalue weighted by Crippen LogP contribution is -2.52. The van der Waals surface area contributed by atoms with Crippen LogP contribution in [-0.4, -0.2) is 55.1 Å². The van der Waals surface area contributed by atoms with Crippen molar-refractivity contribution in [3.05, 3.63) is 94.0 Å². The van der Waals surface area contributed by atoms with E-state index >= 15 is 0 Å². The summed E-state index contributed by atoms with van der Waals surface area (Å²) in [6.45, 7) is 3.99. The molecule has 1 aliphatic rings. The third-order valence-corrected chi connectivity index (χ3v) is 7.02. The molecule has 0 amide bonds. The third kappa shape index (κ3) is 4.01. The number of nitrogens with zero attached hydrogens (tertiary/aromatic N) is 7. The molecule has 3 heterocycles. The second-order valence-electron chi connectivity index (χ2n) is 9.36. The molecule has 0 saturated carbocycles. The first kappa shape index (κ1) is 23.9. The van der Waals surface area contributed by atoms with E-state index in [1.165, 1.54) is 12.1 Å². The van der Waals surface area contributed by atoms with Gasteiger partial charge in [-0.1, -0.05) is 36.4 Å². The number of piperazine rings is 1. The number of anilines is 1. The van der Waals surface area contributed by atoms with Crippen molar-refractivity contribution >= 4 is 28.2 Å². The summed E-state index contributed by atoms with van der Waals surface area (Å²) in [6, 6.07) is 18.2. The van der Waals surface area contributed by atoms with Crippen molar-refractivity contribution < 1.29 is 13.7 Å². The lowest BCUT2D eigenvalue weighted by atomic mass is 10.1. The number of hydrogen-bond acceptors (Lipinski definition) is 7. The summed E-state index contributed by atoms with van der Waals surface area (Å²) in [5.41, 5.74) is 1.87. The quantitative estimate of drug-likeness (QED) is 0.244. The van der Waals surface area contributed by atoms with E-state index in [-0.39, 0.29) is 18.3 Å². The molecule has 0 spiro atoms. The topological polar surface area (TPSA) is 92.7 Å². The fourth-order valence-electron chi connectivity index (χ4n) is 5.08. The van der Waals surface area contributed by atoms with Crippen LogP contribution in [0.5, 0.6) is 0 Å². The van der Waals surface area contributed by atoms with E-state index in [9.17, 15) is 18.9 Å². The van der Waals surface area contributed by atoms with Crippen molar-refractivity contribution in [3.63, 3.8) is 0 Å². The number of rotatable bonds is 5. The molecule has 1 saturated heterocycles. The normalized spacial score (nSPS) is 16.4. The zero-order chi connectivity index (χ0) is 26.4. The van der Waals surface area contributed by atoms with E-state index in [4.69, 9.17) is 4.98 Å². The number of nitro groups is 1. The standard InChI is InChI=1S/C27H23F2N7O2/c1-17-15-34(14-13-33(17)16-18-7-6-10-21(28)24(18)29)27-30-22-11-4-2-8-19(22)25-31-32-26(35(25)27)20-9-3-5-12-23(20)36(37)38/h2-12,17H,13-16H2,1H3. The summed E-state index contributed by atoms with van der Waals surface area (Å²) < 4.78 is 29.8. The maximum atomic E-state index is 14.3. The molecular formula is C27H23F2N7O2. The number of benzene rings is 3. The fourth-order valence-corrected chi connectivity index (χ4v) is 5.08. The zero-order valence-electron chi connectivity index (χ0n) is 20.5. The molecule has 1 atom stereocenters. The van der Waals surface area contributed by atoms with Gasteiger partial charge in [0, 0.05) is 49.2 Å². The molecule has 38 heavy (non-hydrogen) atoms. The van der Waals surface area contributed by atoms with Gasteiger partial charge in [-0.2, -0.15) is 0 Å². The number of halogens is 2. The van der Waals surface area contributed by atoms with E-state index in [1.807, 2.05) is 31.2 Å². The average Bonchev–Trinajstić information content (AvgIpc) is 3.37. The van der Waals surface area contributed by atoms with Crippen LogP contribution in [0.3, 0.4) is 0 Å². The Morgan fingerprint density at radius 2 is 1.79 bits per heavy atom. The number of para-hydroxylation sites is 2. The number of fused-ring (bicyclic) bond motifs is 3. The van der Waals surface area contributed by atoms with Gasteiger partial charge in [-0.25, -0.2) is 18.2 Å². The lowest BCUT2D eigenvalue weighted by Gasteiger charge is -2.40. The largest absolute Gasteiger partial charge is 0.339 e. The molecule has 2 aromatic heterocycles. The molecule has 0 bridgehead atoms. The van der Waals surface area contributed by atoms with Crippen LogP contribution in [0.1, 0.15) is 12.5 Å². The van der Waals surface area contributed by atoms with Gasteiger partial charge in [0.1, 0.15) is 0 Å². The summed E-state index contributed by atoms with van der Waals surface area (Å²) in [5.74, 6) is -0.775. The summed E-state index contributed by atoms with van der Waals surface area (Å²) >= 11 is 0. The highest BCUT2D eigenvalue weighted by atomic mass is 19.2. The van der Waals surface area contributed by atoms with Gasteiger partial charge in [-0.3, -0.25) is 15.0 Å². The van der Waals surface area contributed by atoms with Crippen LogP contribution >= 0.6 is 0 Å². The first-order valence-electron chi connectivity index (χ1n) is 12.2. The van der Waals surface area contributed by atoms with Gasteiger partial charge >= 0.3 is 0 Å². The zero-order valence-corrected chi connectivity index (χ0v) is 20.5. The fraction of sp³-hybridized carbons (Fsp3) is 0.222. The lowest BCUT2D eigenvalue weighted by molar-refractivity contribution is -0.384. The van der Waals surface area contributed by atoms with Crippen LogP contribution in [0, 0.1) is 21.7 Å². The average molecular weight is 516 g/mol. The molecular weight excluding hydrogens is 492 g/mol. The summed E-state index contributed by atoms with van der Waals surface area (Å²) in [6.07, 6.45) is 0. The molecule has 11 heteroatoms. The van der Waals surface area contributed by atoms with Gasteiger partial charge in [-0.15, -0.1) is 10.2 Å². The smallest absolute Gasteiger partial charge is 0.280 e. The first-order valence-corrected chi connectivity index (χ1v) is 12.2. The van der Waals surface area contributed by atoms with E-state index in [0.29, 0.717) is 48.2 Å². The predicted octanol–water partition coefficient (Wildman–Crippen LogP) is 4.84. The third-order valence-electron chi connectivity index (χ3n) is 7.02. The first-order chi connectivity index (χ1) is 18.4. The maximum Gasteiger partial charge on any atom is 0.280 e. The molecule has 5 aromatic rings. The van der Waals surface area contributed by atoms with Crippen LogP contribution < -0.4 is 4.90 Å². The monoisotopic (exact) mass is 515 g/mol. The van der Waals surface area contributed by atoms with Gasteiger partial charge in [0.15, 0.2) is 23.1 Å². The van der Waals surface area contributed by atoms with E-state index in [0.717, 1.165) is 17.0 Å². The van der Waals surface area contributed by atoms with Crippen LogP contribution in [-0.2, 0) is 6.54 Å². The molecule has 0 N–H and O–H groups in total. The molecule has 1 fully saturated rings. The van der Waals surface area contributed by atoms with Crippen molar-refractivity contribution in [3.8, 4) is 11.4 Å². The van der Waals surface area contributed by atoms with Crippen molar-refractivity contribution in [2.45, 2.75) is 19.5 Å². The summed E-state index contributed by atoms with van der Waals surface area (Å²) in [7, 11) is 0. The minimum Gasteiger partial charge on any atom is -0.339 e. The van der Waals surface area contributed by atoms with Gasteiger partial charge in [-0.05, 0) is 31.2 Å². The SMILES string of the molecule is CC1CN(c2nc3ccccc3c3nnc(-c4ccccc4[N+](=O)[O-])n23)CCN1Cc1cccc(F)c1F. The highest BCUT2D eigenvalue weighted by molar-refractivity contribution is 5.93. The van der Waals surface area contributed by atoms with Crippen LogP contribution in [0.4, 0.5) is 20.4 Å². The molecule has 9 nitrogen and oxygen atoms in total. The minimum absolute atomic E-state index is 0.0132. The Hall–Kier alpha value is -4.51. The maximum absolute atomic E-state index is 14.3. The number of aromatic nitrogens is 4. The highest BCUT2D eigenvalue weighted by Gasteiger charge is 2.30. The van der Waals surface area contributed by atoms with Gasteiger partial charge in [0.25, 0.3) is 5.69 Å². The van der Waals surface area contributed by atoms with E-state index in [1.54, 1.807) is 28.7 Å². The van der Waals surface area contributed by atoms with Crippen LogP contribution in [0.15, 0.2) is 66.7 Å². The Bertz CT molecular complexity index is 1690. The summed E-state index contributed by atoms with van der Waals surface area (Å²) in [4.78, 5) is 20.5. The Labute approximate surface area is 216 Å². The van der Waals surface area contributed by atoms with E-state index in [2.05, 4.69) is 20.0 Å². The predicted molar refractivity (Wildman–Crippen MR) is 139 cm³/mol. The summed E-state index contributed by atoms with van der Waals surface area (Å²) in [5, 5.41) is 21.4. The molecule has 1 aliphatic heterocycles. The van der Waals surface area contributed by atoms with Crippen molar-refractivity contribution in [2.24, 2.45) is 0 Å². The minimum atomic E-state index is -0.855. The van der Waals surface area contributed by atoms with Crippen molar-refractivity contribution in [1.29, 1.82) is 0 Å².